The van der Waals surface area contributed by atoms with Crippen molar-refractivity contribution >= 4 is 28.8 Å². The molecule has 2 rings (SSSR count). The topological polar surface area (TPSA) is 76.7 Å². The van der Waals surface area contributed by atoms with Crippen LogP contribution < -0.4 is 20.1 Å². The second kappa shape index (κ2) is 9.82. The van der Waals surface area contributed by atoms with Crippen LogP contribution in [0.5, 0.6) is 11.5 Å². The molecule has 0 unspecified atom stereocenters. The van der Waals surface area contributed by atoms with E-state index in [9.17, 15) is 9.59 Å². The van der Waals surface area contributed by atoms with E-state index in [1.807, 2.05) is 24.4 Å². The third-order valence-corrected chi connectivity index (χ3v) is 4.67. The normalized spacial score (nSPS) is 11.5. The fraction of sp³-hybridized carbons (Fsp3) is 0.368. The van der Waals surface area contributed by atoms with Gasteiger partial charge in [-0.1, -0.05) is 13.0 Å². The molecule has 2 aromatic rings. The molecule has 1 atom stereocenters. The van der Waals surface area contributed by atoms with E-state index in [0.717, 1.165) is 4.88 Å². The van der Waals surface area contributed by atoms with Gasteiger partial charge >= 0.3 is 0 Å². The standard InChI is InChI=1S/C19H24N2O4S/c1-13(9-18(22)20-12-15-5-4-8-26-15)10-19(23)21-16-7-6-14(24-2)11-17(16)25-3/h4-8,11,13H,9-10,12H2,1-3H3,(H,20,22)(H,21,23)/t13-/m1/s1. The molecule has 0 bridgehead atoms. The number of carbonyl (C=O) groups is 2. The fourth-order valence-electron chi connectivity index (χ4n) is 2.48. The number of anilines is 1. The van der Waals surface area contributed by atoms with E-state index >= 15 is 0 Å². The molecule has 0 radical (unpaired) electrons. The average molecular weight is 376 g/mol. The number of thiophene rings is 1. The highest BCUT2D eigenvalue weighted by Crippen LogP contribution is 2.29. The highest BCUT2D eigenvalue weighted by Gasteiger charge is 2.15. The number of rotatable bonds is 9. The summed E-state index contributed by atoms with van der Waals surface area (Å²) in [7, 11) is 3.10. The van der Waals surface area contributed by atoms with E-state index in [-0.39, 0.29) is 24.2 Å². The van der Waals surface area contributed by atoms with Crippen molar-refractivity contribution in [1.29, 1.82) is 0 Å². The Bertz CT molecular complexity index is 731. The maximum Gasteiger partial charge on any atom is 0.224 e. The van der Waals surface area contributed by atoms with Gasteiger partial charge in [0, 0.05) is 23.8 Å². The smallest absolute Gasteiger partial charge is 0.224 e. The van der Waals surface area contributed by atoms with Crippen molar-refractivity contribution < 1.29 is 19.1 Å². The lowest BCUT2D eigenvalue weighted by molar-refractivity contribution is -0.122. The Morgan fingerprint density at radius 3 is 2.54 bits per heavy atom. The summed E-state index contributed by atoms with van der Waals surface area (Å²) in [5.74, 6) is 0.894. The number of nitrogens with one attached hydrogen (secondary N) is 2. The molecule has 6 nitrogen and oxygen atoms in total. The molecular weight excluding hydrogens is 352 g/mol. The average Bonchev–Trinajstić information content (AvgIpc) is 3.13. The van der Waals surface area contributed by atoms with Crippen LogP contribution in [-0.2, 0) is 16.1 Å². The third-order valence-electron chi connectivity index (χ3n) is 3.79. The van der Waals surface area contributed by atoms with Crippen molar-refractivity contribution in [3.8, 4) is 11.5 Å². The number of methoxy groups -OCH3 is 2. The van der Waals surface area contributed by atoms with Crippen LogP contribution in [0.1, 0.15) is 24.6 Å². The number of benzene rings is 1. The molecule has 7 heteroatoms. The highest BCUT2D eigenvalue weighted by atomic mass is 32.1. The Hall–Kier alpha value is -2.54. The Morgan fingerprint density at radius 2 is 1.88 bits per heavy atom. The van der Waals surface area contributed by atoms with Crippen molar-refractivity contribution in [2.24, 2.45) is 5.92 Å². The van der Waals surface area contributed by atoms with Gasteiger partial charge in [0.25, 0.3) is 0 Å². The molecule has 0 aliphatic heterocycles. The van der Waals surface area contributed by atoms with Gasteiger partial charge < -0.3 is 20.1 Å². The van der Waals surface area contributed by atoms with E-state index in [4.69, 9.17) is 9.47 Å². The Labute approximate surface area is 157 Å². The molecule has 1 aromatic carbocycles. The van der Waals surface area contributed by atoms with Crippen molar-refractivity contribution in [1.82, 2.24) is 5.32 Å². The summed E-state index contributed by atoms with van der Waals surface area (Å²) >= 11 is 1.60. The quantitative estimate of drug-likeness (QED) is 0.703. The van der Waals surface area contributed by atoms with Gasteiger partial charge in [0.05, 0.1) is 26.5 Å². The van der Waals surface area contributed by atoms with Crippen LogP contribution in [0.3, 0.4) is 0 Å². The van der Waals surface area contributed by atoms with Gasteiger partial charge in [-0.2, -0.15) is 0 Å². The zero-order valence-corrected chi connectivity index (χ0v) is 16.0. The molecule has 2 amide bonds. The van der Waals surface area contributed by atoms with Crippen LogP contribution in [0.2, 0.25) is 0 Å². The van der Waals surface area contributed by atoms with Crippen LogP contribution in [0.4, 0.5) is 5.69 Å². The first-order valence-corrected chi connectivity index (χ1v) is 9.20. The predicted octanol–water partition coefficient (Wildman–Crippen LogP) is 3.44. The van der Waals surface area contributed by atoms with E-state index in [1.165, 1.54) is 7.11 Å². The zero-order valence-electron chi connectivity index (χ0n) is 15.2. The monoisotopic (exact) mass is 376 g/mol. The highest BCUT2D eigenvalue weighted by molar-refractivity contribution is 7.09. The van der Waals surface area contributed by atoms with Crippen molar-refractivity contribution in [2.45, 2.75) is 26.3 Å². The van der Waals surface area contributed by atoms with Gasteiger partial charge in [0.2, 0.25) is 11.8 Å². The number of hydrogen-bond donors (Lipinski definition) is 2. The van der Waals surface area contributed by atoms with Gasteiger partial charge in [-0.05, 0) is 29.5 Å². The Morgan fingerprint density at radius 1 is 1.12 bits per heavy atom. The lowest BCUT2D eigenvalue weighted by atomic mass is 10.0. The lowest BCUT2D eigenvalue weighted by Crippen LogP contribution is -2.25. The van der Waals surface area contributed by atoms with Crippen LogP contribution in [0.25, 0.3) is 0 Å². The minimum Gasteiger partial charge on any atom is -0.497 e. The first-order valence-electron chi connectivity index (χ1n) is 8.32. The van der Waals surface area contributed by atoms with E-state index in [0.29, 0.717) is 30.2 Å². The van der Waals surface area contributed by atoms with E-state index < -0.39 is 0 Å². The fourth-order valence-corrected chi connectivity index (χ4v) is 3.12. The van der Waals surface area contributed by atoms with Crippen molar-refractivity contribution in [3.63, 3.8) is 0 Å². The summed E-state index contributed by atoms with van der Waals surface area (Å²) in [6.45, 7) is 2.41. The van der Waals surface area contributed by atoms with Gasteiger partial charge in [-0.15, -0.1) is 11.3 Å². The lowest BCUT2D eigenvalue weighted by Gasteiger charge is -2.14. The molecule has 26 heavy (non-hydrogen) atoms. The molecule has 1 aromatic heterocycles. The predicted molar refractivity (Wildman–Crippen MR) is 103 cm³/mol. The Kier molecular flexibility index (Phi) is 7.47. The molecule has 1 heterocycles. The van der Waals surface area contributed by atoms with Crippen LogP contribution >= 0.6 is 11.3 Å². The van der Waals surface area contributed by atoms with Crippen molar-refractivity contribution in [2.75, 3.05) is 19.5 Å². The molecule has 0 fully saturated rings. The van der Waals surface area contributed by atoms with Gasteiger partial charge in [-0.3, -0.25) is 9.59 Å². The maximum atomic E-state index is 12.2. The van der Waals surface area contributed by atoms with Gasteiger partial charge in [0.15, 0.2) is 0 Å². The summed E-state index contributed by atoms with van der Waals surface area (Å²) in [6, 6.07) is 9.11. The summed E-state index contributed by atoms with van der Waals surface area (Å²) in [5.41, 5.74) is 0.577. The number of amides is 2. The van der Waals surface area contributed by atoms with Crippen LogP contribution in [0.15, 0.2) is 35.7 Å². The largest absolute Gasteiger partial charge is 0.497 e. The summed E-state index contributed by atoms with van der Waals surface area (Å²) in [6.07, 6.45) is 0.556. The second-order valence-corrected chi connectivity index (χ2v) is 7.02. The third kappa shape index (κ3) is 6.07. The maximum absolute atomic E-state index is 12.2. The summed E-state index contributed by atoms with van der Waals surface area (Å²) in [5, 5.41) is 7.67. The number of carbonyl (C=O) groups excluding carboxylic acids is 2. The van der Waals surface area contributed by atoms with Crippen LogP contribution in [-0.4, -0.2) is 26.0 Å². The second-order valence-electron chi connectivity index (χ2n) is 5.98. The van der Waals surface area contributed by atoms with Gasteiger partial charge in [-0.25, -0.2) is 0 Å². The molecule has 0 spiro atoms. The van der Waals surface area contributed by atoms with Gasteiger partial charge in [0.1, 0.15) is 11.5 Å². The molecule has 140 valence electrons. The zero-order chi connectivity index (χ0) is 18.9. The Balaban J connectivity index is 1.80. The number of ether oxygens (including phenoxy) is 2. The SMILES string of the molecule is COc1ccc(NC(=O)C[C@H](C)CC(=O)NCc2cccs2)c(OC)c1. The van der Waals surface area contributed by atoms with Crippen molar-refractivity contribution in [3.05, 3.63) is 40.6 Å². The molecule has 0 saturated heterocycles. The summed E-state index contributed by atoms with van der Waals surface area (Å²) in [4.78, 5) is 25.3. The first-order chi connectivity index (χ1) is 12.5. The summed E-state index contributed by atoms with van der Waals surface area (Å²) < 4.78 is 10.4. The van der Waals surface area contributed by atoms with E-state index in [1.54, 1.807) is 36.6 Å². The number of hydrogen-bond acceptors (Lipinski definition) is 5. The molecule has 0 saturated carbocycles. The molecule has 2 N–H and O–H groups in total. The minimum atomic E-state index is -0.160. The van der Waals surface area contributed by atoms with E-state index in [2.05, 4.69) is 10.6 Å². The first kappa shape index (κ1) is 19.8. The molecule has 0 aliphatic rings. The molecular formula is C19H24N2O4S. The molecule has 0 aliphatic carbocycles. The minimum absolute atomic E-state index is 0.0549. The van der Waals surface area contributed by atoms with Crippen LogP contribution in [0, 0.1) is 5.92 Å².